The second-order valence-electron chi connectivity index (χ2n) is 4.92. The Balaban J connectivity index is 2.08. The average Bonchev–Trinajstić information content (AvgIpc) is 2.38. The first kappa shape index (κ1) is 14.1. The summed E-state index contributed by atoms with van der Waals surface area (Å²) < 4.78 is 5.76. The van der Waals surface area contributed by atoms with E-state index in [4.69, 9.17) is 16.3 Å². The Labute approximate surface area is 117 Å². The van der Waals surface area contributed by atoms with Crippen molar-refractivity contribution in [2.75, 3.05) is 0 Å². The zero-order valence-corrected chi connectivity index (χ0v) is 11.6. The van der Waals surface area contributed by atoms with Gasteiger partial charge in [-0.1, -0.05) is 31.4 Å². The normalized spacial score (nSPS) is 23.1. The van der Waals surface area contributed by atoms with E-state index in [0.717, 1.165) is 25.7 Å². The number of hydrogen-bond acceptors (Lipinski definition) is 4. The van der Waals surface area contributed by atoms with Gasteiger partial charge in [-0.05, 0) is 25.2 Å². The highest BCUT2D eigenvalue weighted by atomic mass is 35.5. The van der Waals surface area contributed by atoms with Crippen LogP contribution in [0.5, 0.6) is 5.88 Å². The molecule has 5 nitrogen and oxygen atoms in total. The SMILES string of the molecule is CCC1CCCC(Oc2cc([N+](=O)[O-])cc(Cl)n2)C1. The summed E-state index contributed by atoms with van der Waals surface area (Å²) in [7, 11) is 0. The zero-order valence-electron chi connectivity index (χ0n) is 10.8. The minimum Gasteiger partial charge on any atom is -0.474 e. The van der Waals surface area contributed by atoms with Gasteiger partial charge in [-0.25, -0.2) is 4.98 Å². The fourth-order valence-corrected chi connectivity index (χ4v) is 2.71. The molecule has 1 aromatic heterocycles. The van der Waals surface area contributed by atoms with Crippen LogP contribution in [0.1, 0.15) is 39.0 Å². The standard InChI is InChI=1S/C13H17ClN2O3/c1-2-9-4-3-5-11(6-9)19-13-8-10(16(17)18)7-12(14)15-13/h7-9,11H,2-6H2,1H3. The van der Waals surface area contributed by atoms with Gasteiger partial charge in [0.15, 0.2) is 0 Å². The van der Waals surface area contributed by atoms with E-state index in [1.807, 2.05) is 0 Å². The largest absolute Gasteiger partial charge is 0.474 e. The molecule has 2 unspecified atom stereocenters. The van der Waals surface area contributed by atoms with Crippen molar-refractivity contribution in [3.8, 4) is 5.88 Å². The highest BCUT2D eigenvalue weighted by Crippen LogP contribution is 2.30. The van der Waals surface area contributed by atoms with Crippen molar-refractivity contribution in [3.05, 3.63) is 27.4 Å². The van der Waals surface area contributed by atoms with Crippen molar-refractivity contribution in [2.24, 2.45) is 5.92 Å². The molecular weight excluding hydrogens is 268 g/mol. The molecule has 0 bridgehead atoms. The van der Waals surface area contributed by atoms with Crippen LogP contribution in [0, 0.1) is 16.0 Å². The van der Waals surface area contributed by atoms with E-state index < -0.39 is 4.92 Å². The number of nitrogens with zero attached hydrogens (tertiary/aromatic N) is 2. The van der Waals surface area contributed by atoms with Crippen LogP contribution >= 0.6 is 11.6 Å². The van der Waals surface area contributed by atoms with Gasteiger partial charge in [-0.3, -0.25) is 10.1 Å². The second kappa shape index (κ2) is 6.19. The van der Waals surface area contributed by atoms with Crippen molar-refractivity contribution in [1.29, 1.82) is 0 Å². The molecule has 1 saturated carbocycles. The Bertz CT molecular complexity index is 467. The number of aromatic nitrogens is 1. The molecule has 1 fully saturated rings. The summed E-state index contributed by atoms with van der Waals surface area (Å²) in [4.78, 5) is 14.3. The maximum atomic E-state index is 10.8. The lowest BCUT2D eigenvalue weighted by atomic mass is 9.85. The molecule has 1 aliphatic carbocycles. The lowest BCUT2D eigenvalue weighted by Gasteiger charge is -2.28. The molecule has 0 aromatic carbocycles. The molecule has 2 rings (SSSR count). The highest BCUT2D eigenvalue weighted by molar-refractivity contribution is 6.29. The molecule has 0 amide bonds. The fourth-order valence-electron chi connectivity index (χ4n) is 2.52. The molecule has 6 heteroatoms. The molecule has 0 N–H and O–H groups in total. The van der Waals surface area contributed by atoms with Crippen LogP contribution in [0.4, 0.5) is 5.69 Å². The predicted molar refractivity (Wildman–Crippen MR) is 72.6 cm³/mol. The highest BCUT2D eigenvalue weighted by Gasteiger charge is 2.23. The van der Waals surface area contributed by atoms with Gasteiger partial charge >= 0.3 is 0 Å². The summed E-state index contributed by atoms with van der Waals surface area (Å²) in [6.07, 6.45) is 5.55. The number of rotatable bonds is 4. The van der Waals surface area contributed by atoms with Gasteiger partial charge in [-0.2, -0.15) is 0 Å². The van der Waals surface area contributed by atoms with Crippen LogP contribution in [0.15, 0.2) is 12.1 Å². The van der Waals surface area contributed by atoms with E-state index in [1.54, 1.807) is 0 Å². The fraction of sp³-hybridized carbons (Fsp3) is 0.615. The lowest BCUT2D eigenvalue weighted by molar-refractivity contribution is -0.385. The summed E-state index contributed by atoms with van der Waals surface area (Å²) in [6.45, 7) is 2.18. The maximum Gasteiger partial charge on any atom is 0.277 e. The predicted octanol–water partition coefficient (Wildman–Crippen LogP) is 3.99. The minimum atomic E-state index is -0.490. The molecule has 104 valence electrons. The van der Waals surface area contributed by atoms with Gasteiger partial charge in [-0.15, -0.1) is 0 Å². The molecule has 0 aliphatic heterocycles. The third-order valence-corrected chi connectivity index (χ3v) is 3.76. The van der Waals surface area contributed by atoms with Crippen molar-refractivity contribution < 1.29 is 9.66 Å². The Hall–Kier alpha value is -1.36. The molecule has 1 aliphatic rings. The van der Waals surface area contributed by atoms with Crippen molar-refractivity contribution in [1.82, 2.24) is 4.98 Å². The summed E-state index contributed by atoms with van der Waals surface area (Å²) in [5, 5.41) is 10.8. The minimum absolute atomic E-state index is 0.0853. The number of nitro groups is 1. The molecule has 19 heavy (non-hydrogen) atoms. The van der Waals surface area contributed by atoms with Gasteiger partial charge in [0.05, 0.1) is 17.1 Å². The number of halogens is 1. The Morgan fingerprint density at radius 1 is 1.53 bits per heavy atom. The van der Waals surface area contributed by atoms with Gasteiger partial charge < -0.3 is 4.74 Å². The van der Waals surface area contributed by atoms with Crippen LogP contribution in [0.3, 0.4) is 0 Å². The van der Waals surface area contributed by atoms with E-state index in [-0.39, 0.29) is 22.8 Å². The van der Waals surface area contributed by atoms with Crippen LogP contribution in [-0.2, 0) is 0 Å². The van der Waals surface area contributed by atoms with Crippen LogP contribution in [0.2, 0.25) is 5.15 Å². The smallest absolute Gasteiger partial charge is 0.277 e. The third-order valence-electron chi connectivity index (χ3n) is 3.57. The van der Waals surface area contributed by atoms with Crippen LogP contribution in [-0.4, -0.2) is 16.0 Å². The molecular formula is C13H17ClN2O3. The second-order valence-corrected chi connectivity index (χ2v) is 5.31. The van der Waals surface area contributed by atoms with Crippen molar-refractivity contribution in [2.45, 2.75) is 45.1 Å². The molecule has 0 radical (unpaired) electrons. The van der Waals surface area contributed by atoms with E-state index in [0.29, 0.717) is 5.92 Å². The first-order valence-electron chi connectivity index (χ1n) is 6.57. The van der Waals surface area contributed by atoms with Crippen molar-refractivity contribution >= 4 is 17.3 Å². The quantitative estimate of drug-likeness (QED) is 0.476. The monoisotopic (exact) mass is 284 g/mol. The van der Waals surface area contributed by atoms with E-state index in [9.17, 15) is 10.1 Å². The molecule has 0 spiro atoms. The van der Waals surface area contributed by atoms with E-state index in [1.165, 1.54) is 18.6 Å². The van der Waals surface area contributed by atoms with Crippen molar-refractivity contribution in [3.63, 3.8) is 0 Å². The summed E-state index contributed by atoms with van der Waals surface area (Å²) >= 11 is 5.77. The average molecular weight is 285 g/mol. The Morgan fingerprint density at radius 3 is 3.00 bits per heavy atom. The Kier molecular flexibility index (Phi) is 4.58. The van der Waals surface area contributed by atoms with Crippen LogP contribution < -0.4 is 4.74 Å². The van der Waals surface area contributed by atoms with Crippen LogP contribution in [0.25, 0.3) is 0 Å². The summed E-state index contributed by atoms with van der Waals surface area (Å²) in [6, 6.07) is 2.56. The van der Waals surface area contributed by atoms with E-state index >= 15 is 0 Å². The summed E-state index contributed by atoms with van der Waals surface area (Å²) in [5.41, 5.74) is -0.0853. The topological polar surface area (TPSA) is 65.3 Å². The number of pyridine rings is 1. The van der Waals surface area contributed by atoms with Gasteiger partial charge in [0, 0.05) is 0 Å². The first-order chi connectivity index (χ1) is 9.08. The Morgan fingerprint density at radius 2 is 2.32 bits per heavy atom. The maximum absolute atomic E-state index is 10.8. The number of ether oxygens (including phenoxy) is 1. The van der Waals surface area contributed by atoms with Gasteiger partial charge in [0.1, 0.15) is 11.3 Å². The molecule has 1 aromatic rings. The number of hydrogen-bond donors (Lipinski definition) is 0. The molecule has 2 atom stereocenters. The van der Waals surface area contributed by atoms with E-state index in [2.05, 4.69) is 11.9 Å². The van der Waals surface area contributed by atoms with Gasteiger partial charge in [0.25, 0.3) is 5.69 Å². The zero-order chi connectivity index (χ0) is 13.8. The molecule has 1 heterocycles. The molecule has 0 saturated heterocycles. The third kappa shape index (κ3) is 3.80. The van der Waals surface area contributed by atoms with Gasteiger partial charge in [0.2, 0.25) is 5.88 Å². The first-order valence-corrected chi connectivity index (χ1v) is 6.95. The summed E-state index contributed by atoms with van der Waals surface area (Å²) in [5.74, 6) is 0.925. The lowest BCUT2D eigenvalue weighted by Crippen LogP contribution is -2.25.